The summed E-state index contributed by atoms with van der Waals surface area (Å²) in [6.07, 6.45) is 6.10. The Balaban J connectivity index is 2.23. The van der Waals surface area contributed by atoms with Crippen LogP contribution in [0.25, 0.3) is 0 Å². The number of carbonyl (C=O) groups is 2. The molecule has 2 aliphatic heterocycles. The molecule has 1 saturated heterocycles. The van der Waals surface area contributed by atoms with Crippen molar-refractivity contribution in [1.82, 2.24) is 4.90 Å². The number of amides is 1. The van der Waals surface area contributed by atoms with Crippen LogP contribution in [0.4, 0.5) is 0 Å². The van der Waals surface area contributed by atoms with Crippen molar-refractivity contribution in [2.75, 3.05) is 6.61 Å². The third-order valence-corrected chi connectivity index (χ3v) is 4.50. The van der Waals surface area contributed by atoms with Crippen LogP contribution in [0.5, 0.6) is 0 Å². The zero-order valence-corrected chi connectivity index (χ0v) is 13.5. The highest BCUT2D eigenvalue weighted by Crippen LogP contribution is 2.37. The van der Waals surface area contributed by atoms with Gasteiger partial charge >= 0.3 is 5.97 Å². The van der Waals surface area contributed by atoms with Crippen LogP contribution in [0.3, 0.4) is 0 Å². The van der Waals surface area contributed by atoms with E-state index in [1.165, 1.54) is 4.90 Å². The number of aliphatic hydroxyl groups is 1. The molecule has 2 aliphatic rings. The Labute approximate surface area is 136 Å². The third kappa shape index (κ3) is 3.82. The van der Waals surface area contributed by atoms with Gasteiger partial charge in [0.25, 0.3) is 0 Å². The zero-order valence-electron chi connectivity index (χ0n) is 13.5. The molecule has 6 heteroatoms. The first-order valence-corrected chi connectivity index (χ1v) is 8.16. The maximum Gasteiger partial charge on any atom is 0.352 e. The number of hydrogen-bond donors (Lipinski definition) is 2. The highest BCUT2D eigenvalue weighted by atomic mass is 16.5. The Morgan fingerprint density at radius 3 is 2.83 bits per heavy atom. The number of carboxylic acids is 1. The Hall–Kier alpha value is -1.66. The fraction of sp³-hybridized carbons (Fsp3) is 0.647. The fourth-order valence-electron chi connectivity index (χ4n) is 3.35. The summed E-state index contributed by atoms with van der Waals surface area (Å²) in [5.74, 6) is -1.95. The van der Waals surface area contributed by atoms with Crippen molar-refractivity contribution in [3.8, 4) is 0 Å². The van der Waals surface area contributed by atoms with Crippen molar-refractivity contribution in [3.05, 3.63) is 24.4 Å². The average Bonchev–Trinajstić information content (AvgIpc) is 2.55. The highest BCUT2D eigenvalue weighted by Gasteiger charge is 2.52. The van der Waals surface area contributed by atoms with Gasteiger partial charge in [-0.2, -0.15) is 0 Å². The van der Waals surface area contributed by atoms with Gasteiger partial charge in [0.05, 0.1) is 30.8 Å². The SMILES string of the molecule is C=CCCO[C@@H]1C=C(C(=O)O)N2C(=O)[C@H](C(C)O)[C@H]2CCCC1. The molecule has 0 spiro atoms. The van der Waals surface area contributed by atoms with Gasteiger partial charge in [0.2, 0.25) is 5.91 Å². The van der Waals surface area contributed by atoms with Crippen LogP contribution in [0.15, 0.2) is 24.4 Å². The molecule has 128 valence electrons. The summed E-state index contributed by atoms with van der Waals surface area (Å²) in [5.41, 5.74) is -0.0256. The number of hydrogen-bond acceptors (Lipinski definition) is 4. The average molecular weight is 323 g/mol. The molecule has 2 heterocycles. The first kappa shape index (κ1) is 17.7. The molecule has 23 heavy (non-hydrogen) atoms. The van der Waals surface area contributed by atoms with E-state index >= 15 is 0 Å². The van der Waals surface area contributed by atoms with Gasteiger partial charge in [0, 0.05) is 0 Å². The Bertz CT molecular complexity index is 499. The lowest BCUT2D eigenvalue weighted by Crippen LogP contribution is -2.64. The summed E-state index contributed by atoms with van der Waals surface area (Å²) >= 11 is 0. The van der Waals surface area contributed by atoms with Gasteiger partial charge in [-0.1, -0.05) is 18.9 Å². The van der Waals surface area contributed by atoms with Gasteiger partial charge in [-0.15, -0.1) is 6.58 Å². The number of rotatable bonds is 6. The molecule has 0 aromatic heterocycles. The summed E-state index contributed by atoms with van der Waals surface area (Å²) in [6, 6.07) is -0.239. The van der Waals surface area contributed by atoms with Gasteiger partial charge in [-0.25, -0.2) is 4.79 Å². The Morgan fingerprint density at radius 2 is 2.22 bits per heavy atom. The minimum absolute atomic E-state index is 0.0256. The van der Waals surface area contributed by atoms with E-state index in [1.54, 1.807) is 19.1 Å². The van der Waals surface area contributed by atoms with Crippen molar-refractivity contribution in [1.29, 1.82) is 0 Å². The van der Waals surface area contributed by atoms with E-state index in [4.69, 9.17) is 4.74 Å². The Kier molecular flexibility index (Phi) is 5.96. The van der Waals surface area contributed by atoms with Crippen LogP contribution < -0.4 is 0 Å². The van der Waals surface area contributed by atoms with E-state index in [2.05, 4.69) is 6.58 Å². The highest BCUT2D eigenvalue weighted by molar-refractivity contribution is 5.97. The quantitative estimate of drug-likeness (QED) is 0.441. The van der Waals surface area contributed by atoms with Gasteiger partial charge in [0.1, 0.15) is 5.70 Å². The van der Waals surface area contributed by atoms with Crippen molar-refractivity contribution < 1.29 is 24.5 Å². The van der Waals surface area contributed by atoms with Gasteiger partial charge in [-0.05, 0) is 32.3 Å². The molecule has 2 N–H and O–H groups in total. The van der Waals surface area contributed by atoms with E-state index in [0.717, 1.165) is 19.3 Å². The molecule has 1 amide bonds. The molecule has 6 nitrogen and oxygen atoms in total. The van der Waals surface area contributed by atoms with E-state index < -0.39 is 18.0 Å². The second-order valence-electron chi connectivity index (χ2n) is 6.17. The van der Waals surface area contributed by atoms with E-state index in [9.17, 15) is 19.8 Å². The number of aliphatic hydroxyl groups excluding tert-OH is 1. The fourth-order valence-corrected chi connectivity index (χ4v) is 3.35. The molecule has 0 radical (unpaired) electrons. The maximum atomic E-state index is 12.3. The minimum Gasteiger partial charge on any atom is -0.477 e. The third-order valence-electron chi connectivity index (χ3n) is 4.50. The molecule has 2 rings (SSSR count). The summed E-state index contributed by atoms with van der Waals surface area (Å²) in [7, 11) is 0. The van der Waals surface area contributed by atoms with E-state index in [-0.39, 0.29) is 23.8 Å². The first-order valence-electron chi connectivity index (χ1n) is 8.16. The van der Waals surface area contributed by atoms with Crippen LogP contribution >= 0.6 is 0 Å². The molecule has 0 saturated carbocycles. The molecule has 1 fully saturated rings. The molecular formula is C17H25NO5. The molecule has 1 unspecified atom stereocenters. The smallest absolute Gasteiger partial charge is 0.352 e. The van der Waals surface area contributed by atoms with Crippen LogP contribution in [-0.2, 0) is 14.3 Å². The Morgan fingerprint density at radius 1 is 1.52 bits per heavy atom. The predicted molar refractivity (Wildman–Crippen MR) is 84.5 cm³/mol. The number of carboxylic acid groups (broad SMARTS) is 1. The monoisotopic (exact) mass is 323 g/mol. The van der Waals surface area contributed by atoms with Crippen molar-refractivity contribution >= 4 is 11.9 Å². The molecular weight excluding hydrogens is 298 g/mol. The summed E-state index contributed by atoms with van der Waals surface area (Å²) in [4.78, 5) is 25.3. The van der Waals surface area contributed by atoms with Gasteiger partial charge in [0.15, 0.2) is 0 Å². The maximum absolute atomic E-state index is 12.3. The number of aliphatic carboxylic acids is 1. The van der Waals surface area contributed by atoms with Crippen molar-refractivity contribution in [2.24, 2.45) is 5.92 Å². The number of fused-ring (bicyclic) bond motifs is 1. The largest absolute Gasteiger partial charge is 0.477 e. The lowest BCUT2D eigenvalue weighted by atomic mass is 9.80. The second-order valence-corrected chi connectivity index (χ2v) is 6.17. The molecule has 0 bridgehead atoms. The lowest BCUT2D eigenvalue weighted by Gasteiger charge is -2.48. The van der Waals surface area contributed by atoms with Crippen molar-refractivity contribution in [3.63, 3.8) is 0 Å². The lowest BCUT2D eigenvalue weighted by molar-refractivity contribution is -0.164. The van der Waals surface area contributed by atoms with E-state index in [0.29, 0.717) is 19.4 Å². The van der Waals surface area contributed by atoms with Gasteiger partial charge in [-0.3, -0.25) is 4.79 Å². The summed E-state index contributed by atoms with van der Waals surface area (Å²) < 4.78 is 5.71. The zero-order chi connectivity index (χ0) is 17.0. The van der Waals surface area contributed by atoms with Crippen molar-refractivity contribution in [2.45, 2.75) is 57.3 Å². The van der Waals surface area contributed by atoms with Gasteiger partial charge < -0.3 is 19.8 Å². The van der Waals surface area contributed by atoms with E-state index in [1.807, 2.05) is 0 Å². The topological polar surface area (TPSA) is 87.1 Å². The van der Waals surface area contributed by atoms with Crippen LogP contribution in [0.2, 0.25) is 0 Å². The molecule has 0 aromatic rings. The summed E-state index contributed by atoms with van der Waals surface area (Å²) in [5, 5.41) is 19.3. The number of nitrogens with zero attached hydrogens (tertiary/aromatic N) is 1. The molecule has 4 atom stereocenters. The normalized spacial score (nSPS) is 29.3. The van der Waals surface area contributed by atoms with Crippen LogP contribution in [0.1, 0.15) is 39.0 Å². The summed E-state index contributed by atoms with van der Waals surface area (Å²) in [6.45, 7) is 5.69. The number of ether oxygens (including phenoxy) is 1. The number of carbonyl (C=O) groups excluding carboxylic acids is 1. The molecule has 0 aliphatic carbocycles. The van der Waals surface area contributed by atoms with Crippen LogP contribution in [0, 0.1) is 5.92 Å². The first-order chi connectivity index (χ1) is 11.0. The molecule has 0 aromatic carbocycles. The predicted octanol–water partition coefficient (Wildman–Crippen LogP) is 1.70. The minimum atomic E-state index is -1.13. The van der Waals surface area contributed by atoms with Crippen LogP contribution in [-0.4, -0.2) is 51.8 Å². The standard InChI is InChI=1S/C17H25NO5/c1-3-4-9-23-12-7-5-6-8-13-15(11(2)19)16(20)18(13)14(10-12)17(21)22/h3,10-13,15,19H,1,4-9H2,2H3,(H,21,22)/t11?,12-,13+,15+/m0/s1. The number of β-lactam (4-membered cyclic amide) rings is 1. The second kappa shape index (κ2) is 7.75.